The van der Waals surface area contributed by atoms with Crippen molar-refractivity contribution in [2.45, 2.75) is 59.3 Å². The lowest BCUT2D eigenvalue weighted by Gasteiger charge is -2.14. The summed E-state index contributed by atoms with van der Waals surface area (Å²) in [6, 6.07) is 17.7. The molecule has 0 amide bonds. The zero-order chi connectivity index (χ0) is 30.9. The average Bonchev–Trinajstić information content (AvgIpc) is 3.01. The van der Waals surface area contributed by atoms with Crippen molar-refractivity contribution in [3.63, 3.8) is 0 Å². The Hall–Kier alpha value is -4.46. The Morgan fingerprint density at radius 1 is 0.674 bits per heavy atom. The first-order valence-corrected chi connectivity index (χ1v) is 14.7. The maximum absolute atomic E-state index is 12.7. The molecule has 0 atom stereocenters. The minimum Gasteiger partial charge on any atom is -0.494 e. The molecule has 3 aromatic rings. The van der Waals surface area contributed by atoms with Crippen molar-refractivity contribution in [1.82, 2.24) is 0 Å². The fourth-order valence-electron chi connectivity index (χ4n) is 4.05. The van der Waals surface area contributed by atoms with Gasteiger partial charge in [-0.2, -0.15) is 0 Å². The number of hydrogen-bond acceptors (Lipinski definition) is 8. The number of carbonyl (C=O) groups is 2. The van der Waals surface area contributed by atoms with Gasteiger partial charge in [-0.05, 0) is 105 Å². The number of ether oxygens (including phenoxy) is 6. The van der Waals surface area contributed by atoms with Crippen molar-refractivity contribution < 1.29 is 38.0 Å². The zero-order valence-corrected chi connectivity index (χ0v) is 25.4. The summed E-state index contributed by atoms with van der Waals surface area (Å²) in [7, 11) is 0. The Morgan fingerprint density at radius 3 is 1.91 bits per heavy atom. The summed E-state index contributed by atoms with van der Waals surface area (Å²) in [4.78, 5) is 23.7. The first-order chi connectivity index (χ1) is 20.9. The third-order valence-corrected chi connectivity index (χ3v) is 6.51. The van der Waals surface area contributed by atoms with Crippen LogP contribution in [0, 0.1) is 13.8 Å². The van der Waals surface area contributed by atoms with Crippen LogP contribution < -0.4 is 23.7 Å². The molecule has 0 aliphatic rings. The number of benzene rings is 3. The van der Waals surface area contributed by atoms with Gasteiger partial charge >= 0.3 is 11.9 Å². The average molecular weight is 591 g/mol. The molecule has 8 nitrogen and oxygen atoms in total. The molecule has 0 unspecified atom stereocenters. The number of unbranched alkanes of at least 4 members (excludes halogenated alkanes) is 4. The van der Waals surface area contributed by atoms with Gasteiger partial charge in [0.15, 0.2) is 0 Å². The smallest absolute Gasteiger partial charge is 0.343 e. The summed E-state index contributed by atoms with van der Waals surface area (Å²) >= 11 is 0. The number of aryl methyl sites for hydroxylation is 2. The van der Waals surface area contributed by atoms with Crippen molar-refractivity contribution in [1.29, 1.82) is 0 Å². The zero-order valence-electron chi connectivity index (χ0n) is 25.4. The fraction of sp³-hybridized carbons (Fsp3) is 0.371. The maximum Gasteiger partial charge on any atom is 0.343 e. The number of rotatable bonds is 19. The topological polar surface area (TPSA) is 89.5 Å². The lowest BCUT2D eigenvalue weighted by Crippen LogP contribution is -2.10. The molecule has 0 bridgehead atoms. The molecule has 0 N–H and O–H groups in total. The van der Waals surface area contributed by atoms with E-state index in [4.69, 9.17) is 28.4 Å². The number of hydrogen-bond donors (Lipinski definition) is 0. The SMILES string of the molecule is C=CC(=O)OCCCCOc1ccc(C(=O)Oc2ccc(OCOc3ccc(OCCCCCC)cc3C)cc2C)cc1. The molecule has 0 saturated carbocycles. The van der Waals surface area contributed by atoms with Crippen LogP contribution in [0.15, 0.2) is 73.3 Å². The molecule has 0 aromatic heterocycles. The van der Waals surface area contributed by atoms with E-state index in [0.717, 1.165) is 48.2 Å². The van der Waals surface area contributed by atoms with Crippen LogP contribution >= 0.6 is 0 Å². The molecular weight excluding hydrogens is 548 g/mol. The van der Waals surface area contributed by atoms with Gasteiger partial charge in [0, 0.05) is 6.08 Å². The molecule has 0 radical (unpaired) electrons. The Labute approximate surface area is 254 Å². The molecule has 230 valence electrons. The van der Waals surface area contributed by atoms with Gasteiger partial charge in [-0.1, -0.05) is 32.8 Å². The first-order valence-electron chi connectivity index (χ1n) is 14.7. The van der Waals surface area contributed by atoms with E-state index < -0.39 is 11.9 Å². The van der Waals surface area contributed by atoms with Crippen molar-refractivity contribution in [2.75, 3.05) is 26.6 Å². The second-order valence-corrected chi connectivity index (χ2v) is 10.0. The van der Waals surface area contributed by atoms with Crippen LogP contribution in [-0.2, 0) is 9.53 Å². The molecule has 0 saturated heterocycles. The standard InChI is InChI=1S/C35H42O8/c1-5-7-8-9-20-39-30-16-18-32(26(3)23-30)42-25-41-31-17-19-33(27(4)24-31)43-35(37)28-12-14-29(15-13-28)38-21-10-11-22-40-34(36)6-2/h6,12-19,23-24H,2,5,7-11,20-22,25H2,1,3-4H3. The molecule has 8 heteroatoms. The Kier molecular flexibility index (Phi) is 14.0. The normalized spacial score (nSPS) is 10.5. The van der Waals surface area contributed by atoms with Crippen molar-refractivity contribution in [2.24, 2.45) is 0 Å². The summed E-state index contributed by atoms with van der Waals surface area (Å²) in [5.41, 5.74) is 2.12. The van der Waals surface area contributed by atoms with Gasteiger partial charge in [-0.25, -0.2) is 9.59 Å². The second kappa shape index (κ2) is 18.2. The van der Waals surface area contributed by atoms with Gasteiger partial charge < -0.3 is 28.4 Å². The Bertz CT molecular complexity index is 1320. The maximum atomic E-state index is 12.7. The molecule has 0 aliphatic carbocycles. The van der Waals surface area contributed by atoms with E-state index in [2.05, 4.69) is 13.5 Å². The Balaban J connectivity index is 1.40. The van der Waals surface area contributed by atoms with Crippen LogP contribution in [0.4, 0.5) is 0 Å². The minimum atomic E-state index is -0.473. The number of esters is 2. The molecule has 0 heterocycles. The van der Waals surface area contributed by atoms with Gasteiger partial charge in [0.05, 0.1) is 25.4 Å². The highest BCUT2D eigenvalue weighted by Crippen LogP contribution is 2.26. The van der Waals surface area contributed by atoms with Crippen LogP contribution in [0.25, 0.3) is 0 Å². The van der Waals surface area contributed by atoms with Crippen LogP contribution in [0.2, 0.25) is 0 Å². The van der Waals surface area contributed by atoms with Crippen molar-refractivity contribution in [3.05, 3.63) is 90.0 Å². The van der Waals surface area contributed by atoms with E-state index in [1.807, 2.05) is 32.0 Å². The fourth-order valence-corrected chi connectivity index (χ4v) is 4.05. The summed E-state index contributed by atoms with van der Waals surface area (Å²) in [5.74, 6) is 2.34. The van der Waals surface area contributed by atoms with Crippen molar-refractivity contribution >= 4 is 11.9 Å². The second-order valence-electron chi connectivity index (χ2n) is 10.0. The van der Waals surface area contributed by atoms with Crippen LogP contribution in [0.5, 0.6) is 28.7 Å². The van der Waals surface area contributed by atoms with Gasteiger partial charge in [-0.15, -0.1) is 0 Å². The van der Waals surface area contributed by atoms with Crippen molar-refractivity contribution in [3.8, 4) is 28.7 Å². The van der Waals surface area contributed by atoms with Gasteiger partial charge in [0.2, 0.25) is 6.79 Å². The van der Waals surface area contributed by atoms with E-state index in [1.165, 1.54) is 19.3 Å². The highest BCUT2D eigenvalue weighted by Gasteiger charge is 2.12. The highest BCUT2D eigenvalue weighted by atomic mass is 16.7. The third kappa shape index (κ3) is 11.7. The predicted molar refractivity (Wildman–Crippen MR) is 165 cm³/mol. The van der Waals surface area contributed by atoms with E-state index in [0.29, 0.717) is 42.4 Å². The monoisotopic (exact) mass is 590 g/mol. The third-order valence-electron chi connectivity index (χ3n) is 6.51. The minimum absolute atomic E-state index is 0.0355. The quantitative estimate of drug-likeness (QED) is 0.0460. The molecule has 43 heavy (non-hydrogen) atoms. The van der Waals surface area contributed by atoms with Gasteiger partial charge in [0.1, 0.15) is 28.7 Å². The lowest BCUT2D eigenvalue weighted by atomic mass is 10.2. The summed E-state index contributed by atoms with van der Waals surface area (Å²) in [6.07, 6.45) is 7.22. The molecule has 0 spiro atoms. The molecular formula is C35H42O8. The van der Waals surface area contributed by atoms with Gasteiger partial charge in [0.25, 0.3) is 0 Å². The Morgan fingerprint density at radius 2 is 1.26 bits per heavy atom. The molecule has 3 rings (SSSR count). The van der Waals surface area contributed by atoms with E-state index in [-0.39, 0.29) is 6.79 Å². The number of carbonyl (C=O) groups excluding carboxylic acids is 2. The van der Waals surface area contributed by atoms with Crippen LogP contribution in [-0.4, -0.2) is 38.6 Å². The van der Waals surface area contributed by atoms with E-state index in [1.54, 1.807) is 42.5 Å². The lowest BCUT2D eigenvalue weighted by molar-refractivity contribution is -0.137. The molecule has 0 aliphatic heterocycles. The summed E-state index contributed by atoms with van der Waals surface area (Å²) < 4.78 is 33.6. The summed E-state index contributed by atoms with van der Waals surface area (Å²) in [6.45, 7) is 10.9. The van der Waals surface area contributed by atoms with E-state index in [9.17, 15) is 9.59 Å². The predicted octanol–water partition coefficient (Wildman–Crippen LogP) is 7.79. The molecule has 0 fully saturated rings. The molecule has 3 aromatic carbocycles. The van der Waals surface area contributed by atoms with Crippen LogP contribution in [0.1, 0.15) is 66.9 Å². The highest BCUT2D eigenvalue weighted by molar-refractivity contribution is 5.91. The van der Waals surface area contributed by atoms with Gasteiger partial charge in [-0.3, -0.25) is 0 Å². The van der Waals surface area contributed by atoms with Crippen LogP contribution in [0.3, 0.4) is 0 Å². The van der Waals surface area contributed by atoms with E-state index >= 15 is 0 Å². The summed E-state index contributed by atoms with van der Waals surface area (Å²) in [5, 5.41) is 0. The first kappa shape index (κ1) is 33.0. The largest absolute Gasteiger partial charge is 0.494 e.